The van der Waals surface area contributed by atoms with E-state index in [1.54, 1.807) is 19.1 Å². The Balaban J connectivity index is 1.62. The SMILES string of the molecule is CCOc1ccc(NC(=O)C(C)Sc2nnc(-c3cccs3)n2N)cc1. The number of hydrogen-bond acceptors (Lipinski definition) is 7. The largest absolute Gasteiger partial charge is 0.494 e. The van der Waals surface area contributed by atoms with Crippen molar-refractivity contribution in [2.24, 2.45) is 0 Å². The molecule has 0 bridgehead atoms. The van der Waals surface area contributed by atoms with E-state index in [-0.39, 0.29) is 11.2 Å². The van der Waals surface area contributed by atoms with E-state index in [0.717, 1.165) is 10.6 Å². The molecule has 1 aromatic carbocycles. The molecule has 1 atom stereocenters. The lowest BCUT2D eigenvalue weighted by atomic mass is 10.3. The summed E-state index contributed by atoms with van der Waals surface area (Å²) in [4.78, 5) is 13.3. The smallest absolute Gasteiger partial charge is 0.237 e. The van der Waals surface area contributed by atoms with Crippen LogP contribution < -0.4 is 15.9 Å². The average molecular weight is 390 g/mol. The first-order chi connectivity index (χ1) is 12.6. The molecule has 3 rings (SSSR count). The molecule has 3 N–H and O–H groups in total. The minimum Gasteiger partial charge on any atom is -0.494 e. The third-order valence-corrected chi connectivity index (χ3v) is 5.41. The lowest BCUT2D eigenvalue weighted by molar-refractivity contribution is -0.115. The van der Waals surface area contributed by atoms with E-state index < -0.39 is 0 Å². The van der Waals surface area contributed by atoms with Crippen LogP contribution in [-0.2, 0) is 4.79 Å². The summed E-state index contributed by atoms with van der Waals surface area (Å²) in [6.07, 6.45) is 0. The Morgan fingerprint density at radius 1 is 1.35 bits per heavy atom. The Morgan fingerprint density at radius 3 is 2.77 bits per heavy atom. The van der Waals surface area contributed by atoms with E-state index in [1.165, 1.54) is 27.8 Å². The first-order valence-corrected chi connectivity index (χ1v) is 9.79. The fourth-order valence-corrected chi connectivity index (χ4v) is 3.66. The third kappa shape index (κ3) is 4.17. The monoisotopic (exact) mass is 389 g/mol. The molecule has 0 saturated heterocycles. The highest BCUT2D eigenvalue weighted by atomic mass is 32.2. The molecule has 0 aliphatic heterocycles. The van der Waals surface area contributed by atoms with Crippen LogP contribution in [0.5, 0.6) is 5.75 Å². The Bertz CT molecular complexity index is 862. The average Bonchev–Trinajstić information content (AvgIpc) is 3.27. The molecule has 2 aromatic heterocycles. The van der Waals surface area contributed by atoms with E-state index in [2.05, 4.69) is 15.5 Å². The molecular formula is C17H19N5O2S2. The summed E-state index contributed by atoms with van der Waals surface area (Å²) < 4.78 is 6.80. The number of hydrogen-bond donors (Lipinski definition) is 2. The highest BCUT2D eigenvalue weighted by Crippen LogP contribution is 2.27. The number of thioether (sulfide) groups is 1. The van der Waals surface area contributed by atoms with Gasteiger partial charge in [-0.3, -0.25) is 4.79 Å². The molecule has 0 radical (unpaired) electrons. The number of nitrogen functional groups attached to an aromatic ring is 1. The fraction of sp³-hybridized carbons (Fsp3) is 0.235. The second-order valence-electron chi connectivity index (χ2n) is 5.36. The summed E-state index contributed by atoms with van der Waals surface area (Å²) in [5.74, 6) is 7.29. The van der Waals surface area contributed by atoms with Gasteiger partial charge in [0.1, 0.15) is 5.75 Å². The number of anilines is 1. The molecule has 0 aliphatic rings. The van der Waals surface area contributed by atoms with Crippen LogP contribution in [0.2, 0.25) is 0 Å². The summed E-state index contributed by atoms with van der Waals surface area (Å²) >= 11 is 2.79. The zero-order valence-corrected chi connectivity index (χ0v) is 16.0. The highest BCUT2D eigenvalue weighted by Gasteiger charge is 2.20. The molecule has 26 heavy (non-hydrogen) atoms. The predicted molar refractivity (Wildman–Crippen MR) is 105 cm³/mol. The second kappa shape index (κ2) is 8.24. The van der Waals surface area contributed by atoms with Crippen molar-refractivity contribution in [1.29, 1.82) is 0 Å². The van der Waals surface area contributed by atoms with Gasteiger partial charge in [0, 0.05) is 5.69 Å². The first kappa shape index (κ1) is 18.3. The quantitative estimate of drug-likeness (QED) is 0.476. The Kier molecular flexibility index (Phi) is 5.79. The predicted octanol–water partition coefficient (Wildman–Crippen LogP) is 3.24. The van der Waals surface area contributed by atoms with E-state index >= 15 is 0 Å². The molecule has 0 aliphatic carbocycles. The lowest BCUT2D eigenvalue weighted by Crippen LogP contribution is -2.23. The van der Waals surface area contributed by atoms with E-state index in [9.17, 15) is 4.79 Å². The molecule has 2 heterocycles. The van der Waals surface area contributed by atoms with Crippen LogP contribution in [-0.4, -0.2) is 32.6 Å². The fourth-order valence-electron chi connectivity index (χ4n) is 2.19. The summed E-state index contributed by atoms with van der Waals surface area (Å²) in [5.41, 5.74) is 0.708. The van der Waals surface area contributed by atoms with Crippen LogP contribution in [0.25, 0.3) is 10.7 Å². The van der Waals surface area contributed by atoms with Gasteiger partial charge < -0.3 is 15.9 Å². The Morgan fingerprint density at radius 2 is 2.12 bits per heavy atom. The summed E-state index contributed by atoms with van der Waals surface area (Å²) in [6, 6.07) is 11.1. The second-order valence-corrected chi connectivity index (χ2v) is 7.62. The Hall–Kier alpha value is -2.52. The van der Waals surface area contributed by atoms with Gasteiger partial charge in [-0.1, -0.05) is 17.8 Å². The summed E-state index contributed by atoms with van der Waals surface area (Å²) in [6.45, 7) is 4.33. The molecule has 3 aromatic rings. The number of nitrogens with two attached hydrogens (primary N) is 1. The molecule has 9 heteroatoms. The maximum absolute atomic E-state index is 12.4. The molecule has 136 valence electrons. The lowest BCUT2D eigenvalue weighted by Gasteiger charge is -2.12. The van der Waals surface area contributed by atoms with Crippen molar-refractivity contribution in [2.75, 3.05) is 17.8 Å². The molecule has 0 spiro atoms. The van der Waals surface area contributed by atoms with E-state index in [0.29, 0.717) is 23.3 Å². The van der Waals surface area contributed by atoms with E-state index in [1.807, 2.05) is 36.6 Å². The van der Waals surface area contributed by atoms with Crippen molar-refractivity contribution in [1.82, 2.24) is 14.9 Å². The number of carbonyl (C=O) groups excluding carboxylic acids is 1. The zero-order valence-electron chi connectivity index (χ0n) is 14.4. The highest BCUT2D eigenvalue weighted by molar-refractivity contribution is 8.00. The summed E-state index contributed by atoms with van der Waals surface area (Å²) in [5, 5.41) is 13.1. The van der Waals surface area contributed by atoms with Crippen molar-refractivity contribution in [3.63, 3.8) is 0 Å². The van der Waals surface area contributed by atoms with Gasteiger partial charge in [0.15, 0.2) is 5.82 Å². The van der Waals surface area contributed by atoms with E-state index in [4.69, 9.17) is 10.6 Å². The van der Waals surface area contributed by atoms with Crippen LogP contribution in [0.15, 0.2) is 46.9 Å². The van der Waals surface area contributed by atoms with Crippen LogP contribution in [0.3, 0.4) is 0 Å². The topological polar surface area (TPSA) is 95.1 Å². The van der Waals surface area contributed by atoms with Crippen molar-refractivity contribution >= 4 is 34.7 Å². The molecular weight excluding hydrogens is 370 g/mol. The minimum absolute atomic E-state index is 0.139. The molecule has 1 amide bonds. The van der Waals surface area contributed by atoms with Crippen LogP contribution in [0.1, 0.15) is 13.8 Å². The number of rotatable bonds is 7. The van der Waals surface area contributed by atoms with Gasteiger partial charge in [0.2, 0.25) is 11.1 Å². The van der Waals surface area contributed by atoms with Crippen molar-refractivity contribution in [3.05, 3.63) is 41.8 Å². The van der Waals surface area contributed by atoms with Crippen LogP contribution in [0.4, 0.5) is 5.69 Å². The number of benzene rings is 1. The molecule has 0 fully saturated rings. The number of nitrogens with zero attached hydrogens (tertiary/aromatic N) is 3. The third-order valence-electron chi connectivity index (χ3n) is 3.49. The van der Waals surface area contributed by atoms with Crippen molar-refractivity contribution in [3.8, 4) is 16.5 Å². The van der Waals surface area contributed by atoms with Gasteiger partial charge in [-0.05, 0) is 49.6 Å². The van der Waals surface area contributed by atoms with Gasteiger partial charge in [-0.2, -0.15) is 0 Å². The van der Waals surface area contributed by atoms with Crippen molar-refractivity contribution in [2.45, 2.75) is 24.3 Å². The van der Waals surface area contributed by atoms with Gasteiger partial charge >= 0.3 is 0 Å². The number of amides is 1. The van der Waals surface area contributed by atoms with Gasteiger partial charge in [-0.15, -0.1) is 21.5 Å². The summed E-state index contributed by atoms with van der Waals surface area (Å²) in [7, 11) is 0. The van der Waals surface area contributed by atoms with Gasteiger partial charge in [-0.25, -0.2) is 4.68 Å². The maximum atomic E-state index is 12.4. The molecule has 1 unspecified atom stereocenters. The van der Waals surface area contributed by atoms with Crippen LogP contribution >= 0.6 is 23.1 Å². The standard InChI is InChI=1S/C17H19N5O2S2/c1-3-24-13-8-6-12(7-9-13)19-16(23)11(2)26-17-21-20-15(22(17)18)14-5-4-10-25-14/h4-11H,3,18H2,1-2H3,(H,19,23). The number of thiophene rings is 1. The Labute approximate surface area is 159 Å². The van der Waals surface area contributed by atoms with Crippen LogP contribution in [0, 0.1) is 0 Å². The first-order valence-electron chi connectivity index (χ1n) is 8.03. The number of ether oxygens (including phenoxy) is 1. The van der Waals surface area contributed by atoms with Gasteiger partial charge in [0.05, 0.1) is 16.7 Å². The van der Waals surface area contributed by atoms with Gasteiger partial charge in [0.25, 0.3) is 0 Å². The van der Waals surface area contributed by atoms with Crippen molar-refractivity contribution < 1.29 is 9.53 Å². The maximum Gasteiger partial charge on any atom is 0.237 e. The molecule has 7 nitrogen and oxygen atoms in total. The normalized spacial score (nSPS) is 11.9. The molecule has 0 saturated carbocycles. The zero-order chi connectivity index (χ0) is 18.5. The number of nitrogens with one attached hydrogen (secondary N) is 1. The minimum atomic E-state index is -0.385. The number of aromatic nitrogens is 3. The number of carbonyl (C=O) groups is 1.